The van der Waals surface area contributed by atoms with Gasteiger partial charge in [-0.3, -0.25) is 0 Å². The van der Waals surface area contributed by atoms with Gasteiger partial charge in [0.2, 0.25) is 0 Å². The standard InChI is InChI=1S/C20H27N/c1-3-15-21-17-20(4-2,19-13-9-6-10-14-19)16-18-11-7-5-8-12-18/h5-14,21H,3-4,15-17H2,1-2H3. The van der Waals surface area contributed by atoms with E-state index in [4.69, 9.17) is 0 Å². The van der Waals surface area contributed by atoms with Crippen LogP contribution >= 0.6 is 0 Å². The lowest BCUT2D eigenvalue weighted by Crippen LogP contribution is -2.40. The van der Waals surface area contributed by atoms with Gasteiger partial charge in [0.25, 0.3) is 0 Å². The van der Waals surface area contributed by atoms with Gasteiger partial charge in [0, 0.05) is 12.0 Å². The lowest BCUT2D eigenvalue weighted by Gasteiger charge is -2.34. The predicted octanol–water partition coefficient (Wildman–Crippen LogP) is 4.58. The van der Waals surface area contributed by atoms with Crippen LogP contribution in [-0.2, 0) is 11.8 Å². The Balaban J connectivity index is 2.27. The van der Waals surface area contributed by atoms with Crippen molar-refractivity contribution >= 4 is 0 Å². The van der Waals surface area contributed by atoms with Crippen molar-refractivity contribution in [2.45, 2.75) is 38.5 Å². The molecule has 0 aliphatic rings. The summed E-state index contributed by atoms with van der Waals surface area (Å²) in [4.78, 5) is 0. The van der Waals surface area contributed by atoms with Crippen molar-refractivity contribution in [3.8, 4) is 0 Å². The Hall–Kier alpha value is -1.60. The second-order valence-corrected chi connectivity index (χ2v) is 5.84. The molecule has 2 aromatic carbocycles. The van der Waals surface area contributed by atoms with Crippen LogP contribution in [0.15, 0.2) is 60.7 Å². The van der Waals surface area contributed by atoms with E-state index in [1.54, 1.807) is 0 Å². The third-order valence-corrected chi connectivity index (χ3v) is 4.34. The minimum atomic E-state index is 0.178. The van der Waals surface area contributed by atoms with Gasteiger partial charge in [0.05, 0.1) is 0 Å². The van der Waals surface area contributed by atoms with Crippen molar-refractivity contribution in [1.29, 1.82) is 0 Å². The summed E-state index contributed by atoms with van der Waals surface area (Å²) in [6.07, 6.45) is 3.41. The molecule has 1 N–H and O–H groups in total. The molecule has 21 heavy (non-hydrogen) atoms. The Labute approximate surface area is 129 Å². The summed E-state index contributed by atoms with van der Waals surface area (Å²) in [5.41, 5.74) is 3.04. The van der Waals surface area contributed by atoms with E-state index in [-0.39, 0.29) is 5.41 Å². The van der Waals surface area contributed by atoms with E-state index in [0.29, 0.717) is 0 Å². The molecule has 1 unspecified atom stereocenters. The first-order valence-corrected chi connectivity index (χ1v) is 8.11. The summed E-state index contributed by atoms with van der Waals surface area (Å²) >= 11 is 0. The summed E-state index contributed by atoms with van der Waals surface area (Å²) in [5, 5.41) is 3.65. The third kappa shape index (κ3) is 4.18. The van der Waals surface area contributed by atoms with Gasteiger partial charge >= 0.3 is 0 Å². The molecule has 1 nitrogen and oxygen atoms in total. The highest BCUT2D eigenvalue weighted by atomic mass is 14.9. The lowest BCUT2D eigenvalue weighted by molar-refractivity contribution is 0.378. The molecule has 0 saturated heterocycles. The van der Waals surface area contributed by atoms with Gasteiger partial charge in [-0.25, -0.2) is 0 Å². The van der Waals surface area contributed by atoms with Gasteiger partial charge in [0.15, 0.2) is 0 Å². The van der Waals surface area contributed by atoms with Gasteiger partial charge < -0.3 is 5.32 Å². The average molecular weight is 281 g/mol. The fourth-order valence-electron chi connectivity index (χ4n) is 3.00. The van der Waals surface area contributed by atoms with E-state index < -0.39 is 0 Å². The van der Waals surface area contributed by atoms with Gasteiger partial charge in [-0.1, -0.05) is 74.5 Å². The topological polar surface area (TPSA) is 12.0 Å². The Morgan fingerprint density at radius 2 is 1.48 bits per heavy atom. The van der Waals surface area contributed by atoms with E-state index in [0.717, 1.165) is 25.9 Å². The second kappa shape index (κ2) is 7.99. The van der Waals surface area contributed by atoms with Crippen LogP contribution in [0.25, 0.3) is 0 Å². The van der Waals surface area contributed by atoms with Crippen LogP contribution in [0.4, 0.5) is 0 Å². The second-order valence-electron chi connectivity index (χ2n) is 5.84. The molecular formula is C20H27N. The van der Waals surface area contributed by atoms with Crippen LogP contribution in [0.3, 0.4) is 0 Å². The quantitative estimate of drug-likeness (QED) is 0.699. The molecule has 0 aromatic heterocycles. The van der Waals surface area contributed by atoms with Crippen molar-refractivity contribution in [3.63, 3.8) is 0 Å². The summed E-state index contributed by atoms with van der Waals surface area (Å²) in [5.74, 6) is 0. The van der Waals surface area contributed by atoms with Crippen molar-refractivity contribution in [2.24, 2.45) is 0 Å². The van der Waals surface area contributed by atoms with Crippen LogP contribution < -0.4 is 5.32 Å². The monoisotopic (exact) mass is 281 g/mol. The minimum Gasteiger partial charge on any atom is -0.316 e. The Kier molecular flexibility index (Phi) is 6.01. The highest BCUT2D eigenvalue weighted by molar-refractivity contribution is 5.30. The SMILES string of the molecule is CCCNCC(CC)(Cc1ccccc1)c1ccccc1. The van der Waals surface area contributed by atoms with E-state index in [9.17, 15) is 0 Å². The molecule has 0 spiro atoms. The maximum Gasteiger partial charge on any atom is 0.0115 e. The summed E-state index contributed by atoms with van der Waals surface area (Å²) in [7, 11) is 0. The fraction of sp³-hybridized carbons (Fsp3) is 0.400. The smallest absolute Gasteiger partial charge is 0.0115 e. The van der Waals surface area contributed by atoms with Crippen LogP contribution in [0.2, 0.25) is 0 Å². The van der Waals surface area contributed by atoms with Crippen LogP contribution in [-0.4, -0.2) is 13.1 Å². The summed E-state index contributed by atoms with van der Waals surface area (Å²) in [6, 6.07) is 21.8. The third-order valence-electron chi connectivity index (χ3n) is 4.34. The fourth-order valence-corrected chi connectivity index (χ4v) is 3.00. The average Bonchev–Trinajstić information content (AvgIpc) is 2.56. The number of rotatable bonds is 8. The Morgan fingerprint density at radius 3 is 2.05 bits per heavy atom. The molecule has 0 aliphatic heterocycles. The molecule has 2 aromatic rings. The largest absolute Gasteiger partial charge is 0.316 e. The molecule has 1 heteroatoms. The van der Waals surface area contributed by atoms with E-state index in [1.165, 1.54) is 17.5 Å². The highest BCUT2D eigenvalue weighted by Gasteiger charge is 2.30. The van der Waals surface area contributed by atoms with Crippen LogP contribution in [0, 0.1) is 0 Å². The molecule has 0 radical (unpaired) electrons. The first-order chi connectivity index (χ1) is 10.3. The normalized spacial score (nSPS) is 13.8. The number of hydrogen-bond acceptors (Lipinski definition) is 1. The zero-order valence-corrected chi connectivity index (χ0v) is 13.3. The van der Waals surface area contributed by atoms with E-state index in [1.807, 2.05) is 0 Å². The van der Waals surface area contributed by atoms with Crippen LogP contribution in [0.1, 0.15) is 37.8 Å². The number of benzene rings is 2. The maximum atomic E-state index is 3.65. The zero-order valence-electron chi connectivity index (χ0n) is 13.3. The molecule has 0 bridgehead atoms. The molecule has 0 fully saturated rings. The number of nitrogens with one attached hydrogen (secondary N) is 1. The Bertz CT molecular complexity index is 506. The summed E-state index contributed by atoms with van der Waals surface area (Å²) in [6.45, 7) is 6.66. The predicted molar refractivity (Wildman–Crippen MR) is 91.7 cm³/mol. The number of hydrogen-bond donors (Lipinski definition) is 1. The molecule has 0 saturated carbocycles. The van der Waals surface area contributed by atoms with Gasteiger partial charge in [0.1, 0.15) is 0 Å². The van der Waals surface area contributed by atoms with Crippen molar-refractivity contribution in [3.05, 3.63) is 71.8 Å². The van der Waals surface area contributed by atoms with Crippen molar-refractivity contribution in [2.75, 3.05) is 13.1 Å². The molecule has 0 heterocycles. The van der Waals surface area contributed by atoms with Gasteiger partial charge in [-0.2, -0.15) is 0 Å². The summed E-state index contributed by atoms with van der Waals surface area (Å²) < 4.78 is 0. The molecule has 1 atom stereocenters. The zero-order chi connectivity index (χ0) is 15.0. The first-order valence-electron chi connectivity index (χ1n) is 8.11. The van der Waals surface area contributed by atoms with Gasteiger partial charge in [-0.15, -0.1) is 0 Å². The van der Waals surface area contributed by atoms with Gasteiger partial charge in [-0.05, 0) is 36.9 Å². The van der Waals surface area contributed by atoms with Crippen LogP contribution in [0.5, 0.6) is 0 Å². The molecular weight excluding hydrogens is 254 g/mol. The molecule has 0 amide bonds. The highest BCUT2D eigenvalue weighted by Crippen LogP contribution is 2.31. The lowest BCUT2D eigenvalue weighted by atomic mass is 9.73. The molecule has 0 aliphatic carbocycles. The molecule has 2 rings (SSSR count). The first kappa shape index (κ1) is 15.8. The minimum absolute atomic E-state index is 0.178. The van der Waals surface area contributed by atoms with E-state index in [2.05, 4.69) is 79.8 Å². The maximum absolute atomic E-state index is 3.65. The molecule has 112 valence electrons. The van der Waals surface area contributed by atoms with E-state index >= 15 is 0 Å². The Morgan fingerprint density at radius 1 is 0.857 bits per heavy atom. The van der Waals surface area contributed by atoms with Crippen molar-refractivity contribution < 1.29 is 0 Å². The van der Waals surface area contributed by atoms with Crippen molar-refractivity contribution in [1.82, 2.24) is 5.32 Å².